The molecule has 0 aromatic carbocycles. The summed E-state index contributed by atoms with van der Waals surface area (Å²) in [5.74, 6) is -1.81. The second-order valence-electron chi connectivity index (χ2n) is 9.15. The van der Waals surface area contributed by atoms with Crippen LogP contribution in [0.5, 0.6) is 0 Å². The highest BCUT2D eigenvalue weighted by Gasteiger charge is 2.56. The van der Waals surface area contributed by atoms with E-state index in [1.54, 1.807) is 4.90 Å². The van der Waals surface area contributed by atoms with Gasteiger partial charge in [0.15, 0.2) is 0 Å². The summed E-state index contributed by atoms with van der Waals surface area (Å²) >= 11 is 0. The molecule has 2 heterocycles. The molecule has 166 valence electrons. The molecule has 0 aromatic heterocycles. The summed E-state index contributed by atoms with van der Waals surface area (Å²) in [6, 6.07) is 0. The molecule has 9 heteroatoms. The summed E-state index contributed by atoms with van der Waals surface area (Å²) in [5.41, 5.74) is -1.74. The number of aliphatic hydroxyl groups is 1. The number of rotatable bonds is 4. The van der Waals surface area contributed by atoms with Crippen molar-refractivity contribution in [2.75, 3.05) is 32.8 Å². The van der Waals surface area contributed by atoms with Gasteiger partial charge >= 0.3 is 6.18 Å². The number of hydrogen-bond donors (Lipinski definition) is 1. The van der Waals surface area contributed by atoms with Gasteiger partial charge in [-0.25, -0.2) is 0 Å². The summed E-state index contributed by atoms with van der Waals surface area (Å²) in [4.78, 5) is 28.1. The molecule has 3 atom stereocenters. The van der Waals surface area contributed by atoms with Crippen LogP contribution >= 0.6 is 0 Å². The van der Waals surface area contributed by atoms with Crippen LogP contribution in [-0.2, 0) is 14.3 Å². The zero-order valence-electron chi connectivity index (χ0n) is 17.1. The van der Waals surface area contributed by atoms with Gasteiger partial charge < -0.3 is 19.6 Å². The molecule has 0 bridgehead atoms. The molecule has 6 nitrogen and oxygen atoms in total. The molecule has 1 aliphatic carbocycles. The molecule has 2 aliphatic heterocycles. The summed E-state index contributed by atoms with van der Waals surface area (Å²) < 4.78 is 43.5. The lowest BCUT2D eigenvalue weighted by Crippen LogP contribution is -2.65. The number of ether oxygens (including phenoxy) is 1. The first-order chi connectivity index (χ1) is 13.4. The van der Waals surface area contributed by atoms with E-state index in [-0.39, 0.29) is 44.7 Å². The van der Waals surface area contributed by atoms with Gasteiger partial charge in [-0.2, -0.15) is 13.2 Å². The van der Waals surface area contributed by atoms with Crippen LogP contribution in [0.2, 0.25) is 0 Å². The molecule has 3 aliphatic rings. The summed E-state index contributed by atoms with van der Waals surface area (Å²) in [6.45, 7) is 4.21. The Labute approximate surface area is 169 Å². The molecule has 2 amide bonds. The first-order valence-electron chi connectivity index (χ1n) is 10.4. The normalized spacial score (nSPS) is 31.4. The molecular formula is C20H31F3N2O4. The van der Waals surface area contributed by atoms with E-state index in [1.165, 1.54) is 11.8 Å². The van der Waals surface area contributed by atoms with E-state index in [2.05, 4.69) is 0 Å². The molecule has 29 heavy (non-hydrogen) atoms. The Bertz CT molecular complexity index is 636. The smallest absolute Gasteiger partial charge is 0.387 e. The van der Waals surface area contributed by atoms with Crippen molar-refractivity contribution >= 4 is 11.8 Å². The standard InChI is InChI=1S/C20H31F3N2O4/c1-14(9-20(21,22)23)17(27)24-8-7-19(28,18(12-24)5-3-4-6-18)13-25-10-15(2)29-11-16(25)26/h14-15,28H,3-13H2,1-2H3/t14-,15?,19?/m1/s1. The van der Waals surface area contributed by atoms with Crippen molar-refractivity contribution in [2.24, 2.45) is 11.3 Å². The predicted octanol–water partition coefficient (Wildman–Crippen LogP) is 2.35. The SMILES string of the molecule is CC1CN(CC2(O)CCN(C(=O)[C@H](C)CC(F)(F)F)CC23CCCC3)C(=O)CO1. The molecule has 1 saturated carbocycles. The fraction of sp³-hybridized carbons (Fsp3) is 0.900. The molecule has 2 unspecified atom stereocenters. The number of amides is 2. The van der Waals surface area contributed by atoms with Gasteiger partial charge in [0.25, 0.3) is 0 Å². The molecule has 3 fully saturated rings. The van der Waals surface area contributed by atoms with Gasteiger partial charge in [0.05, 0.1) is 24.7 Å². The van der Waals surface area contributed by atoms with Crippen LogP contribution in [0.25, 0.3) is 0 Å². The first-order valence-corrected chi connectivity index (χ1v) is 10.4. The summed E-state index contributed by atoms with van der Waals surface area (Å²) in [6.07, 6.45) is -2.17. The number of halogens is 3. The van der Waals surface area contributed by atoms with Crippen molar-refractivity contribution < 1.29 is 32.6 Å². The zero-order chi connectivity index (χ0) is 21.4. The topological polar surface area (TPSA) is 70.1 Å². The van der Waals surface area contributed by atoms with Crippen molar-refractivity contribution in [3.8, 4) is 0 Å². The Morgan fingerprint density at radius 1 is 1.31 bits per heavy atom. The largest absolute Gasteiger partial charge is 0.389 e. The maximum absolute atomic E-state index is 12.7. The van der Waals surface area contributed by atoms with Gasteiger partial charge in [-0.05, 0) is 26.2 Å². The van der Waals surface area contributed by atoms with Crippen LogP contribution in [0.3, 0.4) is 0 Å². The highest BCUT2D eigenvalue weighted by atomic mass is 19.4. The molecule has 3 rings (SSSR count). The van der Waals surface area contributed by atoms with Crippen molar-refractivity contribution in [1.29, 1.82) is 0 Å². The fourth-order valence-electron chi connectivity index (χ4n) is 5.27. The number of carbonyl (C=O) groups is 2. The number of alkyl halides is 3. The Kier molecular flexibility index (Phi) is 6.21. The first kappa shape index (κ1) is 22.3. The number of morpholine rings is 1. The Morgan fingerprint density at radius 2 is 1.97 bits per heavy atom. The monoisotopic (exact) mass is 420 g/mol. The predicted molar refractivity (Wildman–Crippen MR) is 98.9 cm³/mol. The highest BCUT2D eigenvalue weighted by molar-refractivity contribution is 5.79. The van der Waals surface area contributed by atoms with Crippen LogP contribution in [0.1, 0.15) is 52.4 Å². The molecule has 0 radical (unpaired) electrons. The van der Waals surface area contributed by atoms with Gasteiger partial charge in [0.2, 0.25) is 11.8 Å². The lowest BCUT2D eigenvalue weighted by atomic mass is 9.65. The maximum Gasteiger partial charge on any atom is 0.389 e. The quantitative estimate of drug-likeness (QED) is 0.758. The van der Waals surface area contributed by atoms with Gasteiger partial charge in [0, 0.05) is 31.0 Å². The van der Waals surface area contributed by atoms with Crippen molar-refractivity contribution in [3.63, 3.8) is 0 Å². The average Bonchev–Trinajstić information content (AvgIpc) is 3.09. The van der Waals surface area contributed by atoms with E-state index in [0.29, 0.717) is 19.4 Å². The third-order valence-corrected chi connectivity index (χ3v) is 6.88. The zero-order valence-corrected chi connectivity index (χ0v) is 17.1. The van der Waals surface area contributed by atoms with Gasteiger partial charge in [0.1, 0.15) is 6.61 Å². The van der Waals surface area contributed by atoms with Crippen LogP contribution in [0, 0.1) is 11.3 Å². The third-order valence-electron chi connectivity index (χ3n) is 6.88. The van der Waals surface area contributed by atoms with Gasteiger partial charge in [-0.1, -0.05) is 19.8 Å². The van der Waals surface area contributed by atoms with Gasteiger partial charge in [-0.3, -0.25) is 9.59 Å². The number of nitrogens with zero attached hydrogens (tertiary/aromatic N) is 2. The molecule has 1 spiro atoms. The van der Waals surface area contributed by atoms with E-state index in [0.717, 1.165) is 12.8 Å². The number of likely N-dealkylation sites (tertiary alicyclic amines) is 1. The fourth-order valence-corrected chi connectivity index (χ4v) is 5.27. The number of piperidine rings is 1. The minimum Gasteiger partial charge on any atom is -0.387 e. The second kappa shape index (κ2) is 8.06. The minimum absolute atomic E-state index is 0.0101. The second-order valence-corrected chi connectivity index (χ2v) is 9.15. The number of carbonyl (C=O) groups excluding carboxylic acids is 2. The minimum atomic E-state index is -4.38. The molecular weight excluding hydrogens is 389 g/mol. The van der Waals surface area contributed by atoms with E-state index in [1.807, 2.05) is 6.92 Å². The van der Waals surface area contributed by atoms with Crippen LogP contribution in [0.4, 0.5) is 13.2 Å². The Balaban J connectivity index is 1.75. The molecule has 0 aromatic rings. The van der Waals surface area contributed by atoms with Crippen LogP contribution in [0.15, 0.2) is 0 Å². The number of hydrogen-bond acceptors (Lipinski definition) is 4. The Hall–Kier alpha value is -1.35. The average molecular weight is 420 g/mol. The molecule has 1 N–H and O–H groups in total. The van der Waals surface area contributed by atoms with Crippen molar-refractivity contribution in [1.82, 2.24) is 9.80 Å². The molecule has 2 saturated heterocycles. The highest BCUT2D eigenvalue weighted by Crippen LogP contribution is 2.51. The Morgan fingerprint density at radius 3 is 2.59 bits per heavy atom. The van der Waals surface area contributed by atoms with Crippen LogP contribution < -0.4 is 0 Å². The number of β-amino-alcohol motifs (C(OH)–C–C–N with tert-alkyl or cyclic N) is 1. The van der Waals surface area contributed by atoms with E-state index < -0.39 is 35.4 Å². The van der Waals surface area contributed by atoms with E-state index >= 15 is 0 Å². The third kappa shape index (κ3) is 4.71. The lowest BCUT2D eigenvalue weighted by Gasteiger charge is -2.54. The summed E-state index contributed by atoms with van der Waals surface area (Å²) in [7, 11) is 0. The van der Waals surface area contributed by atoms with E-state index in [9.17, 15) is 27.9 Å². The van der Waals surface area contributed by atoms with Gasteiger partial charge in [-0.15, -0.1) is 0 Å². The van der Waals surface area contributed by atoms with Crippen molar-refractivity contribution in [2.45, 2.75) is 70.3 Å². The van der Waals surface area contributed by atoms with Crippen LogP contribution in [-0.4, -0.2) is 77.4 Å². The van der Waals surface area contributed by atoms with Crippen molar-refractivity contribution in [3.05, 3.63) is 0 Å². The van der Waals surface area contributed by atoms with E-state index in [4.69, 9.17) is 4.74 Å². The lowest BCUT2D eigenvalue weighted by molar-refractivity contribution is -0.180. The maximum atomic E-state index is 12.7. The summed E-state index contributed by atoms with van der Waals surface area (Å²) in [5, 5.41) is 11.6.